The molecular formula is C47H38Br2Cl3N15O7. The smallest absolute Gasteiger partial charge is 0.277 e. The van der Waals surface area contributed by atoms with Crippen LogP contribution in [0.5, 0.6) is 0 Å². The Morgan fingerprint density at radius 1 is 0.649 bits per heavy atom. The lowest BCUT2D eigenvalue weighted by atomic mass is 10.0. The highest BCUT2D eigenvalue weighted by atomic mass is 79.9. The summed E-state index contributed by atoms with van der Waals surface area (Å²) in [6.07, 6.45) is 15.6. The van der Waals surface area contributed by atoms with E-state index < -0.39 is 34.3 Å². The number of fused-ring (bicyclic) bond motifs is 2. The number of H-pyrrole nitrogens is 1. The number of nitrogen functional groups attached to an aromatic ring is 1. The lowest BCUT2D eigenvalue weighted by Gasteiger charge is -2.27. The van der Waals surface area contributed by atoms with Gasteiger partial charge in [-0.05, 0) is 107 Å². The molecule has 0 bridgehead atoms. The maximum atomic E-state index is 13.1. The third kappa shape index (κ3) is 12.6. The van der Waals surface area contributed by atoms with Crippen LogP contribution in [0.4, 0.5) is 17.3 Å². The van der Waals surface area contributed by atoms with Crippen LogP contribution in [0.15, 0.2) is 152 Å². The minimum Gasteiger partial charge on any atom is -0.384 e. The van der Waals surface area contributed by atoms with E-state index >= 15 is 0 Å². The van der Waals surface area contributed by atoms with E-state index in [1.54, 1.807) is 112 Å². The molecule has 8 aromatic rings. The van der Waals surface area contributed by atoms with Crippen molar-refractivity contribution in [1.29, 1.82) is 0 Å². The van der Waals surface area contributed by atoms with Crippen molar-refractivity contribution < 1.29 is 19.2 Å². The molecule has 74 heavy (non-hydrogen) atoms. The third-order valence-corrected chi connectivity index (χ3v) is 12.5. The largest absolute Gasteiger partial charge is 0.384 e. The number of rotatable bonds is 6. The molecular weight excluding hydrogens is 1150 g/mol. The normalized spacial score (nSPS) is 15.5. The molecule has 2 unspecified atom stereocenters. The summed E-state index contributed by atoms with van der Waals surface area (Å²) in [5, 5.41) is 9.06. The first kappa shape index (κ1) is 55.3. The molecule has 27 heteroatoms. The monoisotopic (exact) mass is 1190 g/mol. The van der Waals surface area contributed by atoms with Gasteiger partial charge in [-0.1, -0.05) is 46.9 Å². The third-order valence-electron chi connectivity index (χ3n) is 10.5. The maximum Gasteiger partial charge on any atom is 0.277 e. The fourth-order valence-electron chi connectivity index (χ4n) is 6.92. The lowest BCUT2D eigenvalue weighted by molar-refractivity contribution is 0.0932. The summed E-state index contributed by atoms with van der Waals surface area (Å²) in [7, 11) is 0. The number of carbonyl (C=O) groups is 4. The van der Waals surface area contributed by atoms with Gasteiger partial charge in [0.25, 0.3) is 34.4 Å². The van der Waals surface area contributed by atoms with E-state index in [-0.39, 0.29) is 59.6 Å². The highest BCUT2D eigenvalue weighted by molar-refractivity contribution is 9.10. The van der Waals surface area contributed by atoms with Crippen LogP contribution in [-0.4, -0.2) is 72.5 Å². The van der Waals surface area contributed by atoms with E-state index in [0.29, 0.717) is 32.8 Å². The van der Waals surface area contributed by atoms with Crippen LogP contribution < -0.4 is 44.1 Å². The number of hydrogen-bond donors (Lipinski definition) is 6. The van der Waals surface area contributed by atoms with Crippen molar-refractivity contribution in [2.75, 3.05) is 11.1 Å². The maximum absolute atomic E-state index is 13.1. The quantitative estimate of drug-likeness (QED) is 0.100. The molecule has 8 aromatic heterocycles. The Balaban J connectivity index is 0.000000163. The predicted molar refractivity (Wildman–Crippen MR) is 282 cm³/mol. The van der Waals surface area contributed by atoms with Gasteiger partial charge in [0.05, 0.1) is 24.0 Å². The van der Waals surface area contributed by atoms with Gasteiger partial charge in [0.1, 0.15) is 58.4 Å². The molecule has 0 aliphatic carbocycles. The number of ketones is 1. The molecule has 378 valence electrons. The molecule has 22 nitrogen and oxygen atoms in total. The number of nitrogens with zero attached hydrogens (tertiary/aromatic N) is 9. The summed E-state index contributed by atoms with van der Waals surface area (Å²) in [5.74, 6) is -0.560. The second-order valence-electron chi connectivity index (χ2n) is 15.4. The summed E-state index contributed by atoms with van der Waals surface area (Å²) in [6, 6.07) is 18.0. The predicted octanol–water partition coefficient (Wildman–Crippen LogP) is 6.25. The minimum absolute atomic E-state index is 0.0584. The second kappa shape index (κ2) is 24.1. The number of nitrogens with one attached hydrogen (secondary N) is 4. The van der Waals surface area contributed by atoms with E-state index in [0.717, 1.165) is 0 Å². The standard InChI is InChI=1S/C17H13ClN6O2.C13H9BrClN3O2.C7H7NO.C6H4BrClN2O2.C4H5N3/c1-17(10-3-2-5-19-8-10)23-15(25)14-11(18)7-12(16(26)24(14)17)22-13-4-6-20-9-21-13;1-13(7-3-2-4-16-6-7)17-11(19)10-9(15)5-8(14)12(20)18(10)13;1-6(9)7-3-2-4-8-5-7;7-2-1-3(8)4(5(9)11)10-6(2)12;5-4-1-2-6-3-7-4/h2-9H,1H3,(H,23,25)(H,20,21,22);2-6H,1H3,(H,17,19);2-5H,1H3;1H,(H2,9,11)(H,10,12);1-3H,(H2,5,6,7). The number of primary amides is 1. The Morgan fingerprint density at radius 2 is 1.16 bits per heavy atom. The van der Waals surface area contributed by atoms with Gasteiger partial charge < -0.3 is 32.4 Å². The highest BCUT2D eigenvalue weighted by Gasteiger charge is 2.44. The molecule has 0 fully saturated rings. The number of anilines is 3. The average molecular weight is 1190 g/mol. The van der Waals surface area contributed by atoms with E-state index in [9.17, 15) is 33.6 Å². The number of nitrogens with two attached hydrogens (primary N) is 2. The molecule has 8 N–H and O–H groups in total. The average Bonchev–Trinajstić information content (AvgIpc) is 3.84. The zero-order chi connectivity index (χ0) is 53.9. The summed E-state index contributed by atoms with van der Waals surface area (Å²) >= 11 is 24.1. The fraction of sp³-hybridized carbons (Fsp3) is 0.106. The minimum atomic E-state index is -1.11. The van der Waals surface area contributed by atoms with Gasteiger partial charge in [-0.15, -0.1) is 0 Å². The van der Waals surface area contributed by atoms with Crippen molar-refractivity contribution in [3.8, 4) is 0 Å². The van der Waals surface area contributed by atoms with Gasteiger partial charge in [-0.3, -0.25) is 57.6 Å². The number of halogens is 5. The molecule has 10 heterocycles. The van der Waals surface area contributed by atoms with Crippen molar-refractivity contribution in [3.05, 3.63) is 218 Å². The van der Waals surface area contributed by atoms with E-state index in [1.807, 2.05) is 0 Å². The molecule has 2 aliphatic heterocycles. The number of aromatic amines is 1. The van der Waals surface area contributed by atoms with Crippen LogP contribution in [0.3, 0.4) is 0 Å². The van der Waals surface area contributed by atoms with E-state index in [4.69, 9.17) is 46.3 Å². The van der Waals surface area contributed by atoms with Crippen LogP contribution in [0, 0.1) is 0 Å². The molecule has 0 spiro atoms. The first-order valence-electron chi connectivity index (χ1n) is 21.0. The van der Waals surface area contributed by atoms with Crippen molar-refractivity contribution in [2.45, 2.75) is 32.1 Å². The molecule has 0 saturated heterocycles. The summed E-state index contributed by atoms with van der Waals surface area (Å²) < 4.78 is 3.27. The van der Waals surface area contributed by atoms with Crippen molar-refractivity contribution in [1.82, 2.24) is 59.6 Å². The van der Waals surface area contributed by atoms with Gasteiger partial charge in [-0.25, -0.2) is 19.9 Å². The van der Waals surface area contributed by atoms with Crippen LogP contribution in [0.2, 0.25) is 15.1 Å². The molecule has 3 amide bonds. The van der Waals surface area contributed by atoms with E-state index in [2.05, 4.69) is 87.7 Å². The first-order valence-corrected chi connectivity index (χ1v) is 23.8. The lowest BCUT2D eigenvalue weighted by Crippen LogP contribution is -2.46. The highest BCUT2D eigenvalue weighted by Crippen LogP contribution is 2.34. The number of amides is 3. The van der Waals surface area contributed by atoms with E-state index in [1.165, 1.54) is 46.9 Å². The summed E-state index contributed by atoms with van der Waals surface area (Å²) in [6.45, 7) is 4.99. The van der Waals surface area contributed by atoms with Gasteiger partial charge in [0.15, 0.2) is 5.78 Å². The number of aromatic nitrogens is 10. The van der Waals surface area contributed by atoms with Gasteiger partial charge in [-0.2, -0.15) is 0 Å². The second-order valence-corrected chi connectivity index (χ2v) is 18.4. The number of Topliss-reactive ketones (excluding diaryl/α,β-unsaturated/α-hetero) is 1. The van der Waals surface area contributed by atoms with Gasteiger partial charge in [0, 0.05) is 66.3 Å². The Kier molecular flexibility index (Phi) is 18.0. The zero-order valence-corrected chi connectivity index (χ0v) is 44.0. The van der Waals surface area contributed by atoms with Crippen molar-refractivity contribution >= 4 is 107 Å². The fourth-order valence-corrected chi connectivity index (χ4v) is 8.72. The summed E-state index contributed by atoms with van der Waals surface area (Å²) in [4.78, 5) is 112. The number of pyridine rings is 6. The van der Waals surface area contributed by atoms with Crippen LogP contribution >= 0.6 is 66.7 Å². The summed E-state index contributed by atoms with van der Waals surface area (Å²) in [5.41, 5.74) is 9.25. The first-order chi connectivity index (χ1) is 35.2. The Labute approximate surface area is 450 Å². The number of carbonyl (C=O) groups excluding carboxylic acids is 4. The molecule has 10 rings (SSSR count). The Morgan fingerprint density at radius 3 is 1.59 bits per heavy atom. The molecule has 2 aliphatic rings. The van der Waals surface area contributed by atoms with Crippen LogP contribution in [-0.2, 0) is 11.3 Å². The Hall–Kier alpha value is -8.03. The molecule has 2 atom stereocenters. The zero-order valence-electron chi connectivity index (χ0n) is 38.6. The molecule has 0 radical (unpaired) electrons. The molecule has 0 saturated carbocycles. The van der Waals surface area contributed by atoms with Crippen molar-refractivity contribution in [2.24, 2.45) is 5.73 Å². The Bertz CT molecular complexity index is 3550. The number of hydrogen-bond acceptors (Lipinski definition) is 16. The van der Waals surface area contributed by atoms with Gasteiger partial charge >= 0.3 is 0 Å². The topological polar surface area (TPSA) is 323 Å². The molecule has 0 aromatic carbocycles. The van der Waals surface area contributed by atoms with Crippen molar-refractivity contribution in [3.63, 3.8) is 0 Å². The van der Waals surface area contributed by atoms with Crippen LogP contribution in [0.25, 0.3) is 0 Å². The SMILES string of the molecule is CC(=O)c1cccnc1.CC1(c2cccnc2)NC(=O)c2c(Cl)cc(Br)c(=O)n21.CC1(c2cccnc2)NC(=O)c2c(Cl)cc(Nc3ccncn3)c(=O)n21.NC(=O)c1[nH]c(=O)c(Br)cc1Cl.Nc1ccncn1. The van der Waals surface area contributed by atoms with Crippen LogP contribution in [0.1, 0.15) is 73.7 Å². The van der Waals surface area contributed by atoms with Gasteiger partial charge in [0.2, 0.25) is 0 Å².